The second-order valence-corrected chi connectivity index (χ2v) is 10.7. The molecule has 2 aliphatic heterocycles. The van der Waals surface area contributed by atoms with Crippen molar-refractivity contribution in [2.45, 2.75) is 52.7 Å². The van der Waals surface area contributed by atoms with Gasteiger partial charge < -0.3 is 19.3 Å². The lowest BCUT2D eigenvalue weighted by Gasteiger charge is -2.46. The molecule has 1 N–H and O–H groups in total. The van der Waals surface area contributed by atoms with Crippen molar-refractivity contribution in [3.05, 3.63) is 36.5 Å². The smallest absolute Gasteiger partial charge is 0.410 e. The average Bonchev–Trinajstić information content (AvgIpc) is 3.32. The van der Waals surface area contributed by atoms with E-state index in [0.29, 0.717) is 31.9 Å². The van der Waals surface area contributed by atoms with Gasteiger partial charge in [-0.15, -0.1) is 0 Å². The van der Waals surface area contributed by atoms with E-state index in [9.17, 15) is 9.59 Å². The third-order valence-corrected chi connectivity index (χ3v) is 6.38. The van der Waals surface area contributed by atoms with Crippen LogP contribution in [0.25, 0.3) is 22.2 Å². The lowest BCUT2D eigenvalue weighted by molar-refractivity contribution is -0.134. The normalized spacial score (nSPS) is 17.4. The molecule has 0 bridgehead atoms. The minimum atomic E-state index is -0.555. The van der Waals surface area contributed by atoms with Gasteiger partial charge in [0.1, 0.15) is 11.3 Å². The zero-order chi connectivity index (χ0) is 25.0. The van der Waals surface area contributed by atoms with Crippen LogP contribution in [0.2, 0.25) is 0 Å². The van der Waals surface area contributed by atoms with Crippen molar-refractivity contribution >= 4 is 28.6 Å². The van der Waals surface area contributed by atoms with Crippen LogP contribution < -0.4 is 9.64 Å². The number of likely N-dealkylation sites (tertiary alicyclic amines) is 1. The number of fused-ring (bicyclic) bond motifs is 1. The molecule has 2 fully saturated rings. The molecule has 5 rings (SSSR count). The van der Waals surface area contributed by atoms with Crippen LogP contribution in [0.5, 0.6) is 5.88 Å². The maximum Gasteiger partial charge on any atom is 0.410 e. The van der Waals surface area contributed by atoms with Gasteiger partial charge in [-0.1, -0.05) is 0 Å². The quantitative estimate of drug-likeness (QED) is 0.598. The Kier molecular flexibility index (Phi) is 5.45. The molecule has 0 saturated carbocycles. The Morgan fingerprint density at radius 3 is 2.60 bits per heavy atom. The lowest BCUT2D eigenvalue weighted by Crippen LogP contribution is -2.62. The number of carbonyl (C=O) groups excluding carboxylic acids is 2. The average molecular weight is 478 g/mol. The van der Waals surface area contributed by atoms with Crippen LogP contribution in [0.1, 0.15) is 41.0 Å². The third-order valence-electron chi connectivity index (χ3n) is 6.38. The molecule has 9 heteroatoms. The van der Waals surface area contributed by atoms with Crippen LogP contribution in [0.4, 0.5) is 10.5 Å². The summed E-state index contributed by atoms with van der Waals surface area (Å²) in [5, 5.41) is 8.47. The van der Waals surface area contributed by atoms with E-state index in [4.69, 9.17) is 9.47 Å². The Hall–Kier alpha value is -3.62. The van der Waals surface area contributed by atoms with Gasteiger partial charge in [0, 0.05) is 48.5 Å². The monoisotopic (exact) mass is 477 g/mol. The van der Waals surface area contributed by atoms with Crippen molar-refractivity contribution in [2.75, 3.05) is 24.5 Å². The molecule has 35 heavy (non-hydrogen) atoms. The van der Waals surface area contributed by atoms with Gasteiger partial charge in [-0.05, 0) is 65.3 Å². The molecular weight excluding hydrogens is 446 g/mol. The van der Waals surface area contributed by atoms with Crippen molar-refractivity contribution in [1.29, 1.82) is 0 Å². The number of hydrogen-bond donors (Lipinski definition) is 1. The van der Waals surface area contributed by atoms with Gasteiger partial charge in [0.2, 0.25) is 11.8 Å². The predicted octanol–water partition coefficient (Wildman–Crippen LogP) is 4.39. The standard InChI is InChI=1S/C26H31N5O4/c1-16(2)34-21-9-6-17(13-27-21)22-19-12-18(7-8-20(19)28-29-22)31-11-10-26(23(31)32)14-30(15-26)24(33)35-25(3,4)5/h6-9,12-13,16H,10-11,14-15H2,1-5H3,(H,28,29). The molecule has 3 aromatic rings. The van der Waals surface area contributed by atoms with Gasteiger partial charge in [-0.3, -0.25) is 9.89 Å². The molecule has 4 heterocycles. The zero-order valence-electron chi connectivity index (χ0n) is 20.8. The highest BCUT2D eigenvalue weighted by atomic mass is 16.6. The Morgan fingerprint density at radius 2 is 1.94 bits per heavy atom. The van der Waals surface area contributed by atoms with Gasteiger partial charge in [-0.2, -0.15) is 5.10 Å². The number of anilines is 1. The highest BCUT2D eigenvalue weighted by Crippen LogP contribution is 2.43. The third kappa shape index (κ3) is 4.31. The highest BCUT2D eigenvalue weighted by molar-refractivity contribution is 6.04. The highest BCUT2D eigenvalue weighted by Gasteiger charge is 2.56. The van der Waals surface area contributed by atoms with Crippen LogP contribution in [0.15, 0.2) is 36.5 Å². The first-order valence-corrected chi connectivity index (χ1v) is 12.0. The Bertz CT molecular complexity index is 1270. The Morgan fingerprint density at radius 1 is 1.17 bits per heavy atom. The van der Waals surface area contributed by atoms with E-state index in [-0.39, 0.29) is 18.1 Å². The first-order valence-electron chi connectivity index (χ1n) is 12.0. The van der Waals surface area contributed by atoms with E-state index in [1.807, 2.05) is 69.9 Å². The number of hydrogen-bond acceptors (Lipinski definition) is 6. The number of nitrogens with one attached hydrogen (secondary N) is 1. The molecule has 2 aliphatic rings. The molecule has 2 saturated heterocycles. The summed E-state index contributed by atoms with van der Waals surface area (Å²) in [7, 11) is 0. The lowest BCUT2D eigenvalue weighted by atomic mass is 9.78. The van der Waals surface area contributed by atoms with E-state index in [2.05, 4.69) is 15.2 Å². The molecule has 0 radical (unpaired) electrons. The minimum Gasteiger partial charge on any atom is -0.475 e. The van der Waals surface area contributed by atoms with Crippen molar-refractivity contribution < 1.29 is 19.1 Å². The Balaban J connectivity index is 1.34. The van der Waals surface area contributed by atoms with Crippen molar-refractivity contribution in [3.63, 3.8) is 0 Å². The topological polar surface area (TPSA) is 101 Å². The fraction of sp³-hybridized carbons (Fsp3) is 0.462. The fourth-order valence-electron chi connectivity index (χ4n) is 4.72. The molecule has 0 atom stereocenters. The van der Waals surface area contributed by atoms with Crippen LogP contribution in [0.3, 0.4) is 0 Å². The number of nitrogens with zero attached hydrogens (tertiary/aromatic N) is 4. The summed E-state index contributed by atoms with van der Waals surface area (Å²) in [5.41, 5.74) is 2.26. The van der Waals surface area contributed by atoms with Gasteiger partial charge in [0.25, 0.3) is 0 Å². The maximum atomic E-state index is 13.4. The summed E-state index contributed by atoms with van der Waals surface area (Å²) >= 11 is 0. The molecule has 0 aliphatic carbocycles. The van der Waals surface area contributed by atoms with E-state index in [0.717, 1.165) is 27.8 Å². The van der Waals surface area contributed by atoms with E-state index in [1.54, 1.807) is 11.1 Å². The molecule has 2 amide bonds. The molecule has 1 spiro atoms. The summed E-state index contributed by atoms with van der Waals surface area (Å²) in [4.78, 5) is 33.6. The largest absolute Gasteiger partial charge is 0.475 e. The summed E-state index contributed by atoms with van der Waals surface area (Å²) in [6, 6.07) is 9.64. The molecule has 2 aromatic heterocycles. The molecule has 0 unspecified atom stereocenters. The second kappa shape index (κ2) is 8.25. The summed E-state index contributed by atoms with van der Waals surface area (Å²) in [6.45, 7) is 10.8. The molecule has 184 valence electrons. The number of ether oxygens (including phenoxy) is 2. The second-order valence-electron chi connectivity index (χ2n) is 10.7. The van der Waals surface area contributed by atoms with Crippen LogP contribution >= 0.6 is 0 Å². The number of H-pyrrole nitrogens is 1. The number of rotatable bonds is 4. The number of benzene rings is 1. The summed E-state index contributed by atoms with van der Waals surface area (Å²) < 4.78 is 11.1. The van der Waals surface area contributed by atoms with Gasteiger partial charge >= 0.3 is 6.09 Å². The summed E-state index contributed by atoms with van der Waals surface area (Å²) in [6.07, 6.45) is 2.14. The van der Waals surface area contributed by atoms with Crippen molar-refractivity contribution in [2.24, 2.45) is 5.41 Å². The van der Waals surface area contributed by atoms with Crippen LogP contribution in [-0.2, 0) is 9.53 Å². The van der Waals surface area contributed by atoms with Crippen LogP contribution in [0, 0.1) is 5.41 Å². The molecule has 9 nitrogen and oxygen atoms in total. The van der Waals surface area contributed by atoms with Crippen molar-refractivity contribution in [1.82, 2.24) is 20.1 Å². The van der Waals surface area contributed by atoms with Gasteiger partial charge in [0.15, 0.2) is 0 Å². The van der Waals surface area contributed by atoms with Gasteiger partial charge in [0.05, 0.1) is 17.0 Å². The first kappa shape index (κ1) is 23.1. The first-order chi connectivity index (χ1) is 16.5. The molecule has 1 aromatic carbocycles. The van der Waals surface area contributed by atoms with Crippen LogP contribution in [-0.4, -0.2) is 63.4 Å². The minimum absolute atomic E-state index is 0.0512. The number of carbonyl (C=O) groups is 2. The summed E-state index contributed by atoms with van der Waals surface area (Å²) in [5.74, 6) is 0.622. The Labute approximate surface area is 204 Å². The van der Waals surface area contributed by atoms with Gasteiger partial charge in [-0.25, -0.2) is 9.78 Å². The van der Waals surface area contributed by atoms with Crippen molar-refractivity contribution in [3.8, 4) is 17.1 Å². The number of amides is 2. The number of aromatic nitrogens is 3. The molecular formula is C26H31N5O4. The SMILES string of the molecule is CC(C)Oc1ccc(-c2n[nH]c3ccc(N4CCC5(CN(C(=O)OC(C)(C)C)C5)C4=O)cc23)cn1. The maximum absolute atomic E-state index is 13.4. The van der Waals surface area contributed by atoms with E-state index >= 15 is 0 Å². The number of aromatic amines is 1. The fourth-order valence-corrected chi connectivity index (χ4v) is 4.72. The van der Waals surface area contributed by atoms with E-state index < -0.39 is 11.0 Å². The predicted molar refractivity (Wildman–Crippen MR) is 132 cm³/mol. The zero-order valence-corrected chi connectivity index (χ0v) is 20.8. The van der Waals surface area contributed by atoms with E-state index in [1.165, 1.54) is 0 Å². The number of pyridine rings is 1.